The van der Waals surface area contributed by atoms with Gasteiger partial charge in [0.15, 0.2) is 0 Å². The Hall–Kier alpha value is -6.13. The summed E-state index contributed by atoms with van der Waals surface area (Å²) in [6, 6.07) is 53.0. The number of furan rings is 1. The van der Waals surface area contributed by atoms with Crippen LogP contribution in [0.25, 0.3) is 83.1 Å². The van der Waals surface area contributed by atoms with Crippen LogP contribution in [0.2, 0.25) is 0 Å². The summed E-state index contributed by atoms with van der Waals surface area (Å²) in [5.74, 6) is 0. The van der Waals surface area contributed by atoms with Crippen molar-refractivity contribution < 1.29 is 35.5 Å². The first-order valence-corrected chi connectivity index (χ1v) is 18.8. The first kappa shape index (κ1) is 30.0. The van der Waals surface area contributed by atoms with Crippen LogP contribution < -0.4 is 0 Å². The molecule has 0 saturated carbocycles. The Labute approximate surface area is 364 Å². The smallest absolute Gasteiger partial charge is 0.123 e. The molecule has 0 atom stereocenters. The van der Waals surface area contributed by atoms with Gasteiger partial charge in [0.1, 0.15) is 5.58 Å². The largest absolute Gasteiger partial charge is 0.501 e. The van der Waals surface area contributed by atoms with Crippen molar-refractivity contribution in [2.45, 2.75) is 40.8 Å². The van der Waals surface area contributed by atoms with Crippen molar-refractivity contribution in [2.24, 2.45) is 5.41 Å². The van der Waals surface area contributed by atoms with E-state index in [2.05, 4.69) is 94.5 Å². The molecule has 0 aliphatic rings. The Morgan fingerprint density at radius 3 is 2.21 bits per heavy atom. The summed E-state index contributed by atoms with van der Waals surface area (Å²) in [4.78, 5) is 8.80. The van der Waals surface area contributed by atoms with Crippen molar-refractivity contribution in [1.29, 1.82) is 0 Å². The molecule has 0 N–H and O–H groups in total. The molecule has 1 radical (unpaired) electrons. The predicted octanol–water partition coefficient (Wildman–Crippen LogP) is 14.0. The van der Waals surface area contributed by atoms with E-state index in [1.54, 1.807) is 12.1 Å². The molecular formula is C53H43IrN3O-2. The maximum atomic E-state index is 8.64. The normalized spacial score (nSPS) is 14.2. The zero-order valence-corrected chi connectivity index (χ0v) is 34.5. The minimum Gasteiger partial charge on any atom is -0.501 e. The van der Waals surface area contributed by atoms with Gasteiger partial charge in [-0.2, -0.15) is 0 Å². The monoisotopic (exact) mass is 938 g/mol. The maximum absolute atomic E-state index is 8.64. The first-order valence-electron chi connectivity index (χ1n) is 22.8. The molecule has 0 fully saturated rings. The minimum atomic E-state index is -2.18. The second kappa shape index (κ2) is 16.0. The van der Waals surface area contributed by atoms with Crippen molar-refractivity contribution in [3.05, 3.63) is 187 Å². The van der Waals surface area contributed by atoms with Gasteiger partial charge in [0.2, 0.25) is 0 Å². The van der Waals surface area contributed by atoms with Crippen LogP contribution in [0.15, 0.2) is 162 Å². The van der Waals surface area contributed by atoms with Gasteiger partial charge in [0, 0.05) is 71.4 Å². The number of benzene rings is 6. The van der Waals surface area contributed by atoms with Crippen LogP contribution >= 0.6 is 0 Å². The molecule has 287 valence electrons. The Morgan fingerprint density at radius 2 is 1.47 bits per heavy atom. The molecule has 0 aliphatic heterocycles. The number of pyridine rings is 2. The van der Waals surface area contributed by atoms with Gasteiger partial charge in [0.25, 0.3) is 0 Å². The van der Waals surface area contributed by atoms with Crippen molar-refractivity contribution >= 4 is 43.7 Å². The molecule has 6 aromatic carbocycles. The van der Waals surface area contributed by atoms with E-state index in [1.807, 2.05) is 69.4 Å². The summed E-state index contributed by atoms with van der Waals surface area (Å²) in [7, 11) is 0. The van der Waals surface area contributed by atoms with Gasteiger partial charge in [-0.3, -0.25) is 0 Å². The van der Waals surface area contributed by atoms with Crippen LogP contribution in [0.1, 0.15) is 48.4 Å². The summed E-state index contributed by atoms with van der Waals surface area (Å²) in [6.45, 7) is 1.44. The summed E-state index contributed by atoms with van der Waals surface area (Å²) in [5, 5.41) is 4.46. The minimum absolute atomic E-state index is 0. The zero-order chi connectivity index (χ0) is 45.9. The van der Waals surface area contributed by atoms with E-state index in [-0.39, 0.29) is 31.2 Å². The molecule has 10 rings (SSSR count). The van der Waals surface area contributed by atoms with Crippen LogP contribution in [-0.4, -0.2) is 14.5 Å². The molecule has 4 aromatic heterocycles. The molecule has 0 unspecified atom stereocenters. The summed E-state index contributed by atoms with van der Waals surface area (Å²) in [5.41, 5.74) is 10.2. The number of aromatic nitrogens is 3. The summed E-state index contributed by atoms with van der Waals surface area (Å²) < 4.78 is 69.9. The number of nitrogens with zero attached hydrogens (tertiary/aromatic N) is 3. The third-order valence-corrected chi connectivity index (χ3v) is 9.85. The number of rotatable bonds is 5. The van der Waals surface area contributed by atoms with Crippen molar-refractivity contribution in [2.75, 3.05) is 0 Å². The Balaban J connectivity index is 0.000000238. The van der Waals surface area contributed by atoms with Gasteiger partial charge in [-0.25, -0.2) is 0 Å². The topological polar surface area (TPSA) is 43.9 Å². The summed E-state index contributed by atoms with van der Waals surface area (Å²) in [6.07, 6.45) is 1.67. The Bertz CT molecular complexity index is 3280. The van der Waals surface area contributed by atoms with E-state index in [1.165, 1.54) is 35.2 Å². The van der Waals surface area contributed by atoms with Crippen LogP contribution in [-0.2, 0) is 26.5 Å². The van der Waals surface area contributed by atoms with E-state index in [0.29, 0.717) is 16.8 Å². The van der Waals surface area contributed by atoms with E-state index < -0.39 is 25.5 Å². The summed E-state index contributed by atoms with van der Waals surface area (Å²) >= 11 is 0. The number of fused-ring (bicyclic) bond motifs is 6. The fourth-order valence-electron chi connectivity index (χ4n) is 7.31. The third kappa shape index (κ3) is 7.76. The second-order valence-corrected chi connectivity index (χ2v) is 15.1. The van der Waals surface area contributed by atoms with E-state index >= 15 is 0 Å². The quantitative estimate of drug-likeness (QED) is 0.162. The molecule has 0 spiro atoms. The van der Waals surface area contributed by atoms with Gasteiger partial charge in [0.05, 0.1) is 16.6 Å². The second-order valence-electron chi connectivity index (χ2n) is 15.1. The van der Waals surface area contributed by atoms with Crippen LogP contribution in [0.3, 0.4) is 0 Å². The van der Waals surface area contributed by atoms with Crippen molar-refractivity contribution in [1.82, 2.24) is 14.5 Å². The molecule has 0 aliphatic carbocycles. The number of hydrogen-bond acceptors (Lipinski definition) is 3. The number of para-hydroxylation sites is 2. The average molecular weight is 938 g/mol. The molecule has 4 nitrogen and oxygen atoms in total. The predicted molar refractivity (Wildman–Crippen MR) is 237 cm³/mol. The SMILES string of the molecule is [2H]C([2H])([2H])c1c[c-]c(-c2ccc(C([2H])([2H])[2H])cn2)cc1.[2H]C([2H])(c1ccc(-c2ccnc(-c3[c-]ccc4c3oc3cc5c(cc34)c3ccccc3n5-c3ccccc3)c2)cc1)C(C)(C)C.[Ir]. The first-order chi connectivity index (χ1) is 30.9. The van der Waals surface area contributed by atoms with Gasteiger partial charge >= 0.3 is 0 Å². The molecule has 10 aromatic rings. The molecule has 4 heterocycles. The third-order valence-electron chi connectivity index (χ3n) is 9.85. The van der Waals surface area contributed by atoms with Crippen LogP contribution in [0, 0.1) is 31.3 Å². The van der Waals surface area contributed by atoms with E-state index in [4.69, 9.17) is 20.4 Å². The fourth-order valence-corrected chi connectivity index (χ4v) is 7.31. The average Bonchev–Trinajstić information content (AvgIpc) is 3.83. The van der Waals surface area contributed by atoms with Crippen molar-refractivity contribution in [3.8, 4) is 39.3 Å². The molecule has 0 bridgehead atoms. The Morgan fingerprint density at radius 1 is 0.672 bits per heavy atom. The van der Waals surface area contributed by atoms with E-state index in [9.17, 15) is 0 Å². The van der Waals surface area contributed by atoms with Gasteiger partial charge in [-0.15, -0.1) is 53.6 Å². The standard InChI is InChI=1S/C40H31N2O.C13H12N.Ir/c1-40(2,3)25-26-16-18-27(19-17-26)28-20-21-41-35(22-28)32-14-9-13-31-34-23-33-30-12-7-8-15-36(30)42(29-10-5-4-6-11-29)37(33)24-38(34)43-39(31)32;1-10-3-6-12(7-4-10)13-8-5-11(2)9-14-13;/h4-13,15-24H,25H2,1-3H3;3-6,8-9H,1-2H3;/q2*-1;/i25D2;1D3,2D3;. The molecule has 0 saturated heterocycles. The molecular weight excluding hydrogens is 887 g/mol. The zero-order valence-electron chi connectivity index (χ0n) is 40.1. The Kier molecular flexibility index (Phi) is 8.29. The molecule has 0 amide bonds. The number of hydrogen-bond donors (Lipinski definition) is 0. The van der Waals surface area contributed by atoms with Gasteiger partial charge in [-0.05, 0) is 82.6 Å². The van der Waals surface area contributed by atoms with Crippen molar-refractivity contribution in [3.63, 3.8) is 0 Å². The maximum Gasteiger partial charge on any atom is 0.123 e. The van der Waals surface area contributed by atoms with Gasteiger partial charge in [-0.1, -0.05) is 117 Å². The van der Waals surface area contributed by atoms with Gasteiger partial charge < -0.3 is 19.0 Å². The number of aryl methyl sites for hydroxylation is 2. The molecule has 58 heavy (non-hydrogen) atoms. The van der Waals surface area contributed by atoms with Crippen LogP contribution in [0.4, 0.5) is 0 Å². The molecule has 5 heteroatoms. The fraction of sp³-hybridized carbons (Fsp3) is 0.132. The van der Waals surface area contributed by atoms with Crippen LogP contribution in [0.5, 0.6) is 0 Å². The van der Waals surface area contributed by atoms with E-state index in [0.717, 1.165) is 61.0 Å².